The van der Waals surface area contributed by atoms with E-state index in [1.165, 1.54) is 26.4 Å². The van der Waals surface area contributed by atoms with Gasteiger partial charge in [0.15, 0.2) is 0 Å². The van der Waals surface area contributed by atoms with Gasteiger partial charge in [0.05, 0.1) is 15.6 Å². The summed E-state index contributed by atoms with van der Waals surface area (Å²) in [4.78, 5) is 8.91. The summed E-state index contributed by atoms with van der Waals surface area (Å²) in [6.45, 7) is 4.01. The van der Waals surface area contributed by atoms with Crippen LogP contribution in [-0.2, 0) is 15.9 Å². The molecule has 21 heavy (non-hydrogen) atoms. The lowest BCUT2D eigenvalue weighted by atomic mass is 10.0. The van der Waals surface area contributed by atoms with Crippen LogP contribution >= 0.6 is 0 Å². The van der Waals surface area contributed by atoms with E-state index in [1.807, 2.05) is 13.8 Å². The molecule has 0 N–H and O–H groups in total. The minimum absolute atomic E-state index is 0.180. The van der Waals surface area contributed by atoms with Crippen LogP contribution in [0.15, 0.2) is 34.3 Å². The number of hydrogen-bond donors (Lipinski definition) is 0. The second kappa shape index (κ2) is 6.70. The maximum absolute atomic E-state index is 13.0. The van der Waals surface area contributed by atoms with Gasteiger partial charge in [-0.1, -0.05) is 26.0 Å². The summed E-state index contributed by atoms with van der Waals surface area (Å²) in [6, 6.07) is 4.34. The van der Waals surface area contributed by atoms with Gasteiger partial charge in [0, 0.05) is 6.42 Å². The van der Waals surface area contributed by atoms with Crippen LogP contribution < -0.4 is 0 Å². The lowest BCUT2D eigenvalue weighted by Crippen LogP contribution is -2.38. The molecule has 0 amide bonds. The van der Waals surface area contributed by atoms with Crippen molar-refractivity contribution in [2.75, 3.05) is 14.2 Å². The summed E-state index contributed by atoms with van der Waals surface area (Å²) < 4.78 is 32.3. The van der Waals surface area contributed by atoms with Crippen LogP contribution in [0.3, 0.4) is 0 Å². The Balaban J connectivity index is 2.35. The van der Waals surface area contributed by atoms with Gasteiger partial charge in [-0.05, 0) is 23.6 Å². The molecule has 0 aliphatic carbocycles. The number of aliphatic imine (C=N–C) groups is 2. The molecule has 0 radical (unpaired) electrons. The average Bonchev–Trinajstić information content (AvgIpc) is 2.48. The number of benzene rings is 1. The monoisotopic (exact) mass is 293 g/mol. The van der Waals surface area contributed by atoms with Gasteiger partial charge in [0.2, 0.25) is 11.8 Å². The Bertz CT molecular complexity index is 586. The highest BCUT2D eigenvalue weighted by atomic mass is 19.1. The summed E-state index contributed by atoms with van der Waals surface area (Å²) in [6.07, 6.45) is 0.234. The van der Waals surface area contributed by atoms with Gasteiger partial charge >= 0.3 is 0 Å². The van der Waals surface area contributed by atoms with E-state index in [9.17, 15) is 4.39 Å². The lowest BCUT2D eigenvalue weighted by Gasteiger charge is -2.27. The average molecular weight is 293 g/mol. The molecule has 1 aromatic rings. The zero-order chi connectivity index (χ0) is 16.3. The smallest absolute Gasteiger partial charge is 0.209 e. The number of rotatable bonds is 3. The minimum Gasteiger partial charge on any atom is -0.483 e. The van der Waals surface area contributed by atoms with Crippen LogP contribution in [0.4, 0.5) is 4.39 Å². The molecule has 1 aliphatic rings. The van der Waals surface area contributed by atoms with Crippen molar-refractivity contribution in [3.63, 3.8) is 0 Å². The van der Waals surface area contributed by atoms with Crippen LogP contribution in [0.25, 0.3) is 0 Å². The van der Waals surface area contributed by atoms with E-state index in [4.69, 9.17) is 10.8 Å². The molecule has 5 heteroatoms. The fourth-order valence-corrected chi connectivity index (χ4v) is 2.18. The van der Waals surface area contributed by atoms with Gasteiger partial charge in [-0.2, -0.15) is 0 Å². The van der Waals surface area contributed by atoms with E-state index in [2.05, 4.69) is 9.98 Å². The first-order valence-electron chi connectivity index (χ1n) is 7.40. The number of hydrogen-bond acceptors (Lipinski definition) is 4. The van der Waals surface area contributed by atoms with Gasteiger partial charge in [-0.3, -0.25) is 0 Å². The van der Waals surface area contributed by atoms with Crippen LogP contribution in [0, 0.1) is 11.7 Å². The maximum Gasteiger partial charge on any atom is 0.209 e. The first kappa shape index (κ1) is 14.0. The second-order valence-electron chi connectivity index (χ2n) is 5.23. The molecule has 114 valence electrons. The molecule has 0 aromatic heterocycles. The zero-order valence-corrected chi connectivity index (χ0v) is 12.8. The Hall–Kier alpha value is -1.91. The van der Waals surface area contributed by atoms with Gasteiger partial charge < -0.3 is 9.47 Å². The van der Waals surface area contributed by atoms with E-state index in [-0.39, 0.29) is 30.1 Å². The highest BCUT2D eigenvalue weighted by molar-refractivity contribution is 5.94. The largest absolute Gasteiger partial charge is 0.483 e. The van der Waals surface area contributed by atoms with Gasteiger partial charge in [0.1, 0.15) is 17.9 Å². The molecule has 0 saturated carbocycles. The molecule has 0 fully saturated rings. The Morgan fingerprint density at radius 1 is 1.14 bits per heavy atom. The van der Waals surface area contributed by atoms with Gasteiger partial charge in [-0.25, -0.2) is 14.4 Å². The molecule has 4 nitrogen and oxygen atoms in total. The van der Waals surface area contributed by atoms with Crippen molar-refractivity contribution in [1.82, 2.24) is 0 Å². The molecule has 1 aromatic carbocycles. The summed E-state index contributed by atoms with van der Waals surface area (Å²) in [5, 5.41) is 0. The predicted octanol–water partition coefficient (Wildman–Crippen LogP) is 2.86. The van der Waals surface area contributed by atoms with Crippen LogP contribution in [0.1, 0.15) is 20.8 Å². The highest BCUT2D eigenvalue weighted by Gasteiger charge is 2.30. The molecule has 0 unspecified atom stereocenters. The Morgan fingerprint density at radius 3 is 2.29 bits per heavy atom. The first-order chi connectivity index (χ1) is 10.4. The molecular formula is C16H21FN2O2. The zero-order valence-electron chi connectivity index (χ0n) is 13.8. The summed E-state index contributed by atoms with van der Waals surface area (Å²) in [5.41, 5.74) is 0.781. The van der Waals surface area contributed by atoms with E-state index < -0.39 is 6.02 Å². The van der Waals surface area contributed by atoms with E-state index >= 15 is 0 Å². The number of halogens is 1. The van der Waals surface area contributed by atoms with Gasteiger partial charge in [-0.15, -0.1) is 0 Å². The molecular weight excluding hydrogens is 271 g/mol. The fourth-order valence-electron chi connectivity index (χ4n) is 2.18. The SMILES string of the molecule is [2H][C@]1(Cc2ccc(F)cc2)N=C(OC)[C@H](C(C)C)N=C1OC. The Morgan fingerprint density at radius 2 is 1.76 bits per heavy atom. The number of nitrogens with zero attached hydrogens (tertiary/aromatic N) is 2. The molecule has 0 spiro atoms. The first-order valence-corrected chi connectivity index (χ1v) is 6.90. The number of methoxy groups -OCH3 is 2. The molecule has 2 rings (SSSR count). The molecule has 1 heterocycles. The van der Waals surface area contributed by atoms with Crippen LogP contribution in [0.2, 0.25) is 0 Å². The lowest BCUT2D eigenvalue weighted by molar-refractivity contribution is 0.332. The standard InChI is InChI=1S/C16H21FN2O2/c1-10(2)14-16(21-4)18-13(15(19-14)20-3)9-11-5-7-12(17)8-6-11/h5-8,10,13-14H,9H2,1-4H3/t13-,14+/m1/s1/i13D. The third-order valence-corrected chi connectivity index (χ3v) is 3.32. The third-order valence-electron chi connectivity index (χ3n) is 3.32. The summed E-state index contributed by atoms with van der Waals surface area (Å²) in [5.74, 6) is 0.538. The minimum atomic E-state index is -1.40. The Labute approximate surface area is 126 Å². The van der Waals surface area contributed by atoms with Crippen molar-refractivity contribution < 1.29 is 15.2 Å². The van der Waals surface area contributed by atoms with Crippen molar-refractivity contribution in [1.29, 1.82) is 0 Å². The fraction of sp³-hybridized carbons (Fsp3) is 0.500. The Kier molecular flexibility index (Phi) is 4.48. The van der Waals surface area contributed by atoms with Gasteiger partial charge in [0.25, 0.3) is 0 Å². The second-order valence-corrected chi connectivity index (χ2v) is 5.23. The number of ether oxygens (including phenoxy) is 2. The molecule has 2 atom stereocenters. The van der Waals surface area contributed by atoms with E-state index in [0.29, 0.717) is 5.90 Å². The maximum atomic E-state index is 13.0. The predicted molar refractivity (Wildman–Crippen MR) is 81.4 cm³/mol. The van der Waals surface area contributed by atoms with Crippen molar-refractivity contribution >= 4 is 11.8 Å². The van der Waals surface area contributed by atoms with Crippen LogP contribution in [0.5, 0.6) is 0 Å². The van der Waals surface area contributed by atoms with Crippen molar-refractivity contribution in [2.45, 2.75) is 32.3 Å². The van der Waals surface area contributed by atoms with E-state index in [0.717, 1.165) is 5.56 Å². The van der Waals surface area contributed by atoms with E-state index in [1.54, 1.807) is 12.1 Å². The normalized spacial score (nSPS) is 26.0. The quantitative estimate of drug-likeness (QED) is 0.860. The molecule has 0 saturated heterocycles. The summed E-state index contributed by atoms with van der Waals surface area (Å²) >= 11 is 0. The van der Waals surface area contributed by atoms with Crippen LogP contribution in [-0.4, -0.2) is 38.1 Å². The molecule has 0 bridgehead atoms. The third kappa shape index (κ3) is 3.60. The highest BCUT2D eigenvalue weighted by Crippen LogP contribution is 2.20. The van der Waals surface area contributed by atoms with Crippen molar-refractivity contribution in [2.24, 2.45) is 15.9 Å². The van der Waals surface area contributed by atoms with Crippen molar-refractivity contribution in [3.05, 3.63) is 35.6 Å². The topological polar surface area (TPSA) is 43.2 Å². The van der Waals surface area contributed by atoms with Crippen molar-refractivity contribution in [3.8, 4) is 0 Å². The summed E-state index contributed by atoms with van der Waals surface area (Å²) in [7, 11) is 3.01. The molecule has 1 aliphatic heterocycles.